The lowest BCUT2D eigenvalue weighted by molar-refractivity contribution is -0.941. The van der Waals surface area contributed by atoms with Gasteiger partial charge >= 0.3 is 0 Å². The van der Waals surface area contributed by atoms with Crippen LogP contribution in [0.3, 0.4) is 0 Å². The minimum Gasteiger partial charge on any atom is -0.494 e. The normalized spacial score (nSPS) is 27.8. The van der Waals surface area contributed by atoms with E-state index >= 15 is 0 Å². The Morgan fingerprint density at radius 2 is 1.60 bits per heavy atom. The van der Waals surface area contributed by atoms with Crippen LogP contribution in [0.1, 0.15) is 82.3 Å². The lowest BCUT2D eigenvalue weighted by Crippen LogP contribution is -2.67. The Morgan fingerprint density at radius 3 is 2.21 bits per heavy atom. The predicted molar refractivity (Wildman–Crippen MR) is 179 cm³/mol. The average Bonchev–Trinajstić information content (AvgIpc) is 3.12. The number of benzene rings is 2. The van der Waals surface area contributed by atoms with E-state index in [1.165, 1.54) is 56.7 Å². The third kappa shape index (κ3) is 7.32. The van der Waals surface area contributed by atoms with Crippen molar-refractivity contribution in [3.63, 3.8) is 0 Å². The van der Waals surface area contributed by atoms with E-state index in [4.69, 9.17) is 4.74 Å². The Bertz CT molecular complexity index is 1190. The van der Waals surface area contributed by atoms with Crippen LogP contribution in [0, 0.1) is 5.41 Å². The van der Waals surface area contributed by atoms with Gasteiger partial charge in [0, 0.05) is 61.4 Å². The molecule has 3 saturated heterocycles. The smallest absolute Gasteiger partial charge is 0.119 e. The third-order valence-electron chi connectivity index (χ3n) is 10.7. The number of anilines is 1. The molecule has 0 spiro atoms. The summed E-state index contributed by atoms with van der Waals surface area (Å²) in [7, 11) is 2.91. The molecule has 2 aromatic rings. The summed E-state index contributed by atoms with van der Waals surface area (Å²) in [5, 5.41) is 12.4. The van der Waals surface area contributed by atoms with E-state index < -0.39 is 16.9 Å². The molecule has 3 fully saturated rings. The number of rotatable bonds is 14. The molecule has 0 aromatic heterocycles. The first kappa shape index (κ1) is 32.5. The summed E-state index contributed by atoms with van der Waals surface area (Å²) in [5.41, 5.74) is 2.78. The van der Waals surface area contributed by atoms with Crippen molar-refractivity contribution in [2.45, 2.75) is 82.1 Å². The van der Waals surface area contributed by atoms with E-state index in [0.717, 1.165) is 79.0 Å². The second kappa shape index (κ2) is 14.4. The Morgan fingerprint density at radius 1 is 0.953 bits per heavy atom. The first-order chi connectivity index (χ1) is 20.8. The molecule has 4 aliphatic heterocycles. The number of aliphatic hydroxyl groups excluding tert-OH is 1. The van der Waals surface area contributed by atoms with Crippen LogP contribution in [0.25, 0.3) is 0 Å². The van der Waals surface area contributed by atoms with Crippen molar-refractivity contribution in [3.8, 4) is 5.75 Å². The first-order valence-corrected chi connectivity index (χ1v) is 18.3. The highest BCUT2D eigenvalue weighted by Gasteiger charge is 2.47. The maximum absolute atomic E-state index is 14.0. The molecule has 3 atom stereocenters. The van der Waals surface area contributed by atoms with Crippen LogP contribution < -0.4 is 9.64 Å². The third-order valence-corrected chi connectivity index (χ3v) is 12.4. The highest BCUT2D eigenvalue weighted by molar-refractivity contribution is 7.85. The van der Waals surface area contributed by atoms with Crippen LogP contribution >= 0.6 is 0 Å². The summed E-state index contributed by atoms with van der Waals surface area (Å²) in [5.74, 6) is 1.18. The summed E-state index contributed by atoms with van der Waals surface area (Å²) in [6.45, 7) is 14.2. The number of quaternary nitrogens is 1. The van der Waals surface area contributed by atoms with E-state index in [-0.39, 0.29) is 11.3 Å². The molecular formula is C36H56N3O3S+. The highest BCUT2D eigenvalue weighted by atomic mass is 32.2. The molecular weight excluding hydrogens is 554 g/mol. The maximum atomic E-state index is 14.0. The Hall–Kier alpha value is -1.93. The van der Waals surface area contributed by atoms with Crippen molar-refractivity contribution < 1.29 is 18.5 Å². The maximum Gasteiger partial charge on any atom is 0.119 e. The molecule has 2 bridgehead atoms. The molecule has 7 heteroatoms. The molecule has 0 radical (unpaired) electrons. The summed E-state index contributed by atoms with van der Waals surface area (Å²) in [6.07, 6.45) is 7.71. The molecule has 6 rings (SSSR count). The Balaban J connectivity index is 1.34. The molecule has 43 heavy (non-hydrogen) atoms. The van der Waals surface area contributed by atoms with E-state index in [2.05, 4.69) is 60.0 Å². The Labute approximate surface area is 263 Å². The number of piperazine rings is 3. The molecule has 1 N–H and O–H groups in total. The minimum atomic E-state index is -1.17. The van der Waals surface area contributed by atoms with Crippen molar-refractivity contribution in [2.75, 3.05) is 77.2 Å². The molecule has 3 unspecified atom stereocenters. The lowest BCUT2D eigenvalue weighted by Gasteiger charge is -2.50. The summed E-state index contributed by atoms with van der Waals surface area (Å²) in [4.78, 5) is 5.58. The van der Waals surface area contributed by atoms with E-state index in [1.807, 2.05) is 20.2 Å². The number of unbranched alkanes of at least 4 members (excludes halogenated alkanes) is 3. The monoisotopic (exact) mass is 610 g/mol. The van der Waals surface area contributed by atoms with Crippen molar-refractivity contribution in [1.29, 1.82) is 0 Å². The van der Waals surface area contributed by atoms with Gasteiger partial charge in [-0.3, -0.25) is 9.11 Å². The molecule has 2 aromatic carbocycles. The van der Waals surface area contributed by atoms with Gasteiger partial charge in [0.05, 0.1) is 49.7 Å². The van der Waals surface area contributed by atoms with Crippen LogP contribution in [0.5, 0.6) is 5.75 Å². The zero-order valence-corrected chi connectivity index (χ0v) is 28.0. The van der Waals surface area contributed by atoms with Crippen LogP contribution in [0.2, 0.25) is 0 Å². The molecule has 0 aliphatic carbocycles. The number of hydrogen-bond acceptors (Lipinski definition) is 5. The van der Waals surface area contributed by atoms with Gasteiger partial charge in [0.2, 0.25) is 0 Å². The molecule has 4 aliphatic rings. The summed E-state index contributed by atoms with van der Waals surface area (Å²) in [6, 6.07) is 14.7. The zero-order chi connectivity index (χ0) is 30.5. The quantitative estimate of drug-likeness (QED) is 0.209. The van der Waals surface area contributed by atoms with E-state index in [0.29, 0.717) is 5.75 Å². The van der Waals surface area contributed by atoms with Crippen LogP contribution in [0.4, 0.5) is 5.69 Å². The second-order valence-electron chi connectivity index (χ2n) is 13.8. The fourth-order valence-electron chi connectivity index (χ4n) is 7.77. The van der Waals surface area contributed by atoms with Gasteiger partial charge < -0.3 is 19.2 Å². The van der Waals surface area contributed by atoms with Gasteiger partial charge in [-0.25, -0.2) is 0 Å². The predicted octanol–water partition coefficient (Wildman–Crippen LogP) is 6.04. The Kier molecular flexibility index (Phi) is 10.9. The van der Waals surface area contributed by atoms with Gasteiger partial charge in [0.25, 0.3) is 0 Å². The van der Waals surface area contributed by atoms with Gasteiger partial charge in [-0.05, 0) is 67.1 Å². The van der Waals surface area contributed by atoms with Gasteiger partial charge in [0.15, 0.2) is 0 Å². The van der Waals surface area contributed by atoms with Gasteiger partial charge in [-0.2, -0.15) is 0 Å². The van der Waals surface area contributed by atoms with E-state index in [1.54, 1.807) is 0 Å². The number of nitrogens with zero attached hydrogens (tertiary/aromatic N) is 3. The molecule has 4 heterocycles. The van der Waals surface area contributed by atoms with Gasteiger partial charge in [-0.1, -0.05) is 51.7 Å². The molecule has 0 amide bonds. The van der Waals surface area contributed by atoms with Crippen molar-refractivity contribution >= 4 is 16.5 Å². The van der Waals surface area contributed by atoms with Crippen LogP contribution in [0.15, 0.2) is 47.4 Å². The molecule has 6 nitrogen and oxygen atoms in total. The topological polar surface area (TPSA) is 53.0 Å². The van der Waals surface area contributed by atoms with Crippen molar-refractivity contribution in [3.05, 3.63) is 53.6 Å². The highest BCUT2D eigenvalue weighted by Crippen LogP contribution is 2.49. The zero-order valence-electron chi connectivity index (χ0n) is 27.2. The minimum absolute atomic E-state index is 0.233. The summed E-state index contributed by atoms with van der Waals surface area (Å²) >= 11 is 0. The number of hydrogen-bond donors (Lipinski definition) is 1. The average molecular weight is 611 g/mol. The second-order valence-corrected chi connectivity index (χ2v) is 15.2. The number of fused-ring (bicyclic) bond motifs is 4. The molecule has 0 saturated carbocycles. The summed E-state index contributed by atoms with van der Waals surface area (Å²) < 4.78 is 21.5. The van der Waals surface area contributed by atoms with Crippen LogP contribution in [-0.4, -0.2) is 97.1 Å². The molecule has 238 valence electrons. The van der Waals surface area contributed by atoms with Crippen molar-refractivity contribution in [2.24, 2.45) is 5.41 Å². The lowest BCUT2D eigenvalue weighted by atomic mass is 9.68. The first-order valence-electron chi connectivity index (χ1n) is 17.0. The number of aliphatic hydroxyl groups is 1. The largest absolute Gasteiger partial charge is 0.494 e. The standard InChI is InChI=1S/C36H56N3O3S/c1-5-7-17-36(18-8-6-2)28-43(41)33-16-13-30(37(3)4)27-32(33)34(35(36)40)29-11-14-31(15-12-29)42-26-10-9-22-39-23-19-38(20-24-39)21-25-39/h11-16,27,34-35,40H,5-10,17-26,28H2,1-4H3/q+1. The fraction of sp³-hybridized carbons (Fsp3) is 0.667. The SMILES string of the molecule is CCCCC1(CCCC)CS(=O)c2ccc(N(C)C)cc2C(c2ccc(OCCCC[N+]34CCN(CC3)CC4)cc2)C1O. The number of ether oxygens (including phenoxy) is 1. The van der Waals surface area contributed by atoms with Crippen molar-refractivity contribution in [1.82, 2.24) is 4.90 Å². The van der Waals surface area contributed by atoms with Gasteiger partial charge in [-0.15, -0.1) is 0 Å². The van der Waals surface area contributed by atoms with Gasteiger partial charge in [0.1, 0.15) is 5.75 Å². The van der Waals surface area contributed by atoms with Crippen LogP contribution in [-0.2, 0) is 10.8 Å². The van der Waals surface area contributed by atoms with E-state index in [9.17, 15) is 9.32 Å². The fourth-order valence-corrected chi connectivity index (χ4v) is 9.58.